The SMILES string of the molecule is COc1cccc(NC(=O)C(=O)N/N=C\c2c(OC(=O)c3ccc(OC)c(OC)c3)ccc3ccccc23)c1. The molecule has 0 spiro atoms. The van der Waals surface area contributed by atoms with Gasteiger partial charge >= 0.3 is 17.8 Å². The summed E-state index contributed by atoms with van der Waals surface area (Å²) in [5.41, 5.74) is 3.25. The molecule has 0 radical (unpaired) electrons. The maximum Gasteiger partial charge on any atom is 0.343 e. The summed E-state index contributed by atoms with van der Waals surface area (Å²) in [5, 5.41) is 7.99. The maximum absolute atomic E-state index is 13.0. The summed E-state index contributed by atoms with van der Waals surface area (Å²) in [7, 11) is 4.46. The number of hydrogen-bond acceptors (Lipinski definition) is 8. The number of esters is 1. The fourth-order valence-corrected chi connectivity index (χ4v) is 3.71. The Morgan fingerprint density at radius 2 is 1.51 bits per heavy atom. The number of ether oxygens (including phenoxy) is 4. The zero-order valence-electron chi connectivity index (χ0n) is 21.4. The van der Waals surface area contributed by atoms with Crippen molar-refractivity contribution in [3.63, 3.8) is 0 Å². The molecule has 0 fully saturated rings. The number of fused-ring (bicyclic) bond motifs is 1. The molecule has 2 N–H and O–H groups in total. The fourth-order valence-electron chi connectivity index (χ4n) is 3.71. The Kier molecular flexibility index (Phi) is 8.37. The first-order valence-electron chi connectivity index (χ1n) is 11.7. The Balaban J connectivity index is 1.54. The second-order valence-electron chi connectivity index (χ2n) is 8.04. The van der Waals surface area contributed by atoms with Gasteiger partial charge in [0.25, 0.3) is 0 Å². The van der Waals surface area contributed by atoms with Gasteiger partial charge < -0.3 is 24.3 Å². The van der Waals surface area contributed by atoms with Gasteiger partial charge in [0, 0.05) is 17.3 Å². The van der Waals surface area contributed by atoms with Crippen LogP contribution in [0.1, 0.15) is 15.9 Å². The van der Waals surface area contributed by atoms with Crippen LogP contribution in [0.4, 0.5) is 5.69 Å². The van der Waals surface area contributed by atoms with Gasteiger partial charge in [-0.25, -0.2) is 10.2 Å². The molecular formula is C29H25N3O7. The molecular weight excluding hydrogens is 502 g/mol. The molecule has 0 aliphatic rings. The Bertz CT molecular complexity index is 1570. The van der Waals surface area contributed by atoms with Crippen molar-refractivity contribution >= 4 is 40.5 Å². The van der Waals surface area contributed by atoms with Crippen molar-refractivity contribution in [2.75, 3.05) is 26.6 Å². The predicted octanol–water partition coefficient (Wildman–Crippen LogP) is 4.17. The molecule has 2 amide bonds. The van der Waals surface area contributed by atoms with Crippen LogP contribution in [-0.2, 0) is 9.59 Å². The van der Waals surface area contributed by atoms with Gasteiger partial charge in [-0.1, -0.05) is 36.4 Å². The van der Waals surface area contributed by atoms with Crippen LogP contribution in [-0.4, -0.2) is 45.3 Å². The highest BCUT2D eigenvalue weighted by atomic mass is 16.5. The van der Waals surface area contributed by atoms with E-state index >= 15 is 0 Å². The number of methoxy groups -OCH3 is 3. The third-order valence-corrected chi connectivity index (χ3v) is 5.65. The lowest BCUT2D eigenvalue weighted by molar-refractivity contribution is -0.136. The van der Waals surface area contributed by atoms with E-state index in [1.807, 2.05) is 24.3 Å². The Morgan fingerprint density at radius 1 is 0.744 bits per heavy atom. The topological polar surface area (TPSA) is 125 Å². The van der Waals surface area contributed by atoms with Gasteiger partial charge in [-0.2, -0.15) is 5.10 Å². The largest absolute Gasteiger partial charge is 0.497 e. The predicted molar refractivity (Wildman–Crippen MR) is 146 cm³/mol. The first-order valence-corrected chi connectivity index (χ1v) is 11.7. The quantitative estimate of drug-likeness (QED) is 0.116. The molecule has 0 atom stereocenters. The van der Waals surface area contributed by atoms with E-state index < -0.39 is 17.8 Å². The number of carbonyl (C=O) groups excluding carboxylic acids is 3. The van der Waals surface area contributed by atoms with Gasteiger partial charge in [-0.15, -0.1) is 0 Å². The van der Waals surface area contributed by atoms with Gasteiger partial charge in [0.05, 0.1) is 33.1 Å². The molecule has 0 heterocycles. The standard InChI is InChI=1S/C29H25N3O7/c1-36-21-9-6-8-20(16-21)31-27(33)28(34)32-30-17-23-22-10-5-4-7-18(22)11-13-24(23)39-29(35)19-12-14-25(37-2)26(15-19)38-3/h4-17H,1-3H3,(H,31,33)(H,32,34)/b30-17-. The Labute approximate surface area is 224 Å². The molecule has 0 saturated carbocycles. The second kappa shape index (κ2) is 12.2. The first kappa shape index (κ1) is 26.7. The zero-order valence-corrected chi connectivity index (χ0v) is 21.4. The number of anilines is 1. The molecule has 0 unspecified atom stereocenters. The van der Waals surface area contributed by atoms with Gasteiger partial charge in [0.15, 0.2) is 11.5 Å². The van der Waals surface area contributed by atoms with Crippen molar-refractivity contribution in [2.45, 2.75) is 0 Å². The van der Waals surface area contributed by atoms with E-state index in [-0.39, 0.29) is 11.3 Å². The molecule has 4 aromatic rings. The lowest BCUT2D eigenvalue weighted by Crippen LogP contribution is -2.32. The van der Waals surface area contributed by atoms with Crippen LogP contribution in [0.15, 0.2) is 84.0 Å². The molecule has 4 aromatic carbocycles. The highest BCUT2D eigenvalue weighted by Gasteiger charge is 2.17. The van der Waals surface area contributed by atoms with Gasteiger partial charge in [-0.05, 0) is 47.2 Å². The lowest BCUT2D eigenvalue weighted by atomic mass is 10.0. The maximum atomic E-state index is 13.0. The number of benzene rings is 4. The fraction of sp³-hybridized carbons (Fsp3) is 0.103. The van der Waals surface area contributed by atoms with Gasteiger partial charge in [0.2, 0.25) is 0 Å². The van der Waals surface area contributed by atoms with E-state index in [1.165, 1.54) is 33.6 Å². The summed E-state index contributed by atoms with van der Waals surface area (Å²) >= 11 is 0. The Morgan fingerprint density at radius 3 is 2.28 bits per heavy atom. The normalized spacial score (nSPS) is 10.6. The van der Waals surface area contributed by atoms with E-state index in [9.17, 15) is 14.4 Å². The molecule has 10 nitrogen and oxygen atoms in total. The second-order valence-corrected chi connectivity index (χ2v) is 8.04. The summed E-state index contributed by atoms with van der Waals surface area (Å²) in [6.45, 7) is 0. The smallest absolute Gasteiger partial charge is 0.343 e. The van der Waals surface area contributed by atoms with Crippen molar-refractivity contribution in [1.29, 1.82) is 0 Å². The molecule has 39 heavy (non-hydrogen) atoms. The number of rotatable bonds is 8. The van der Waals surface area contributed by atoms with Crippen LogP contribution in [0.2, 0.25) is 0 Å². The van der Waals surface area contributed by atoms with Crippen molar-refractivity contribution in [3.05, 3.63) is 90.0 Å². The number of carbonyl (C=O) groups is 3. The molecule has 4 rings (SSSR count). The monoisotopic (exact) mass is 527 g/mol. The van der Waals surface area contributed by atoms with Crippen LogP contribution in [0.3, 0.4) is 0 Å². The number of amides is 2. The number of hydrazone groups is 1. The zero-order chi connectivity index (χ0) is 27.8. The van der Waals surface area contributed by atoms with Crippen LogP contribution < -0.4 is 29.7 Å². The van der Waals surface area contributed by atoms with Crippen LogP contribution >= 0.6 is 0 Å². The highest BCUT2D eigenvalue weighted by molar-refractivity contribution is 6.39. The van der Waals surface area contributed by atoms with Crippen LogP contribution in [0, 0.1) is 0 Å². The summed E-state index contributed by atoms with van der Waals surface area (Å²) in [4.78, 5) is 37.6. The highest BCUT2D eigenvalue weighted by Crippen LogP contribution is 2.30. The van der Waals surface area contributed by atoms with Crippen molar-refractivity contribution in [2.24, 2.45) is 5.10 Å². The minimum absolute atomic E-state index is 0.201. The van der Waals surface area contributed by atoms with Crippen molar-refractivity contribution < 1.29 is 33.3 Å². The molecule has 10 heteroatoms. The third kappa shape index (κ3) is 6.31. The molecule has 0 aliphatic carbocycles. The van der Waals surface area contributed by atoms with Crippen LogP contribution in [0.25, 0.3) is 10.8 Å². The van der Waals surface area contributed by atoms with E-state index in [0.717, 1.165) is 5.39 Å². The minimum Gasteiger partial charge on any atom is -0.497 e. The average Bonchev–Trinajstić information content (AvgIpc) is 2.97. The van der Waals surface area contributed by atoms with Crippen molar-refractivity contribution in [3.8, 4) is 23.0 Å². The summed E-state index contributed by atoms with van der Waals surface area (Å²) < 4.78 is 21.3. The van der Waals surface area contributed by atoms with E-state index in [2.05, 4.69) is 15.8 Å². The summed E-state index contributed by atoms with van der Waals surface area (Å²) in [6.07, 6.45) is 1.32. The molecule has 0 aromatic heterocycles. The summed E-state index contributed by atoms with van der Waals surface area (Å²) in [6, 6.07) is 22.0. The van der Waals surface area contributed by atoms with Crippen LogP contribution in [0.5, 0.6) is 23.0 Å². The summed E-state index contributed by atoms with van der Waals surface area (Å²) in [5.74, 6) is -0.968. The van der Waals surface area contributed by atoms with E-state index in [1.54, 1.807) is 48.5 Å². The minimum atomic E-state index is -0.988. The molecule has 198 valence electrons. The van der Waals surface area contributed by atoms with E-state index in [0.29, 0.717) is 33.9 Å². The number of hydrogen-bond donors (Lipinski definition) is 2. The average molecular weight is 528 g/mol. The van der Waals surface area contributed by atoms with Gasteiger partial charge in [-0.3, -0.25) is 9.59 Å². The number of nitrogens with zero attached hydrogens (tertiary/aromatic N) is 1. The van der Waals surface area contributed by atoms with Crippen molar-refractivity contribution in [1.82, 2.24) is 5.43 Å². The molecule has 0 aliphatic heterocycles. The first-order chi connectivity index (χ1) is 18.9. The molecule has 0 bridgehead atoms. The van der Waals surface area contributed by atoms with E-state index in [4.69, 9.17) is 18.9 Å². The Hall–Kier alpha value is -5.38. The molecule has 0 saturated heterocycles. The van der Waals surface area contributed by atoms with Gasteiger partial charge in [0.1, 0.15) is 11.5 Å². The number of nitrogens with one attached hydrogen (secondary N) is 2. The lowest BCUT2D eigenvalue weighted by Gasteiger charge is -2.12. The third-order valence-electron chi connectivity index (χ3n) is 5.65.